The predicted molar refractivity (Wildman–Crippen MR) is 80.8 cm³/mol. The summed E-state index contributed by atoms with van der Waals surface area (Å²) >= 11 is 5.71. The van der Waals surface area contributed by atoms with Gasteiger partial charge >= 0.3 is 0 Å². The maximum Gasteiger partial charge on any atom is 0.141 e. The highest BCUT2D eigenvalue weighted by Crippen LogP contribution is 2.18. The van der Waals surface area contributed by atoms with Crippen molar-refractivity contribution in [3.05, 3.63) is 64.4 Å². The summed E-state index contributed by atoms with van der Waals surface area (Å²) in [6.07, 6.45) is 0.462. The lowest BCUT2D eigenvalue weighted by molar-refractivity contribution is 0.305. The predicted octanol–water partition coefficient (Wildman–Crippen LogP) is 3.79. The fourth-order valence-corrected chi connectivity index (χ4v) is 1.85. The first-order valence-electron chi connectivity index (χ1n) is 6.45. The monoisotopic (exact) mass is 304 g/mol. The van der Waals surface area contributed by atoms with Crippen molar-refractivity contribution in [2.24, 2.45) is 0 Å². The molecule has 0 fully saturated rings. The van der Waals surface area contributed by atoms with Crippen LogP contribution in [0.25, 0.3) is 0 Å². The molecule has 0 aliphatic carbocycles. The Bertz CT molecular complexity index is 657. The Hall–Kier alpha value is -2.02. The van der Waals surface area contributed by atoms with Gasteiger partial charge in [-0.05, 0) is 42.0 Å². The van der Waals surface area contributed by atoms with Gasteiger partial charge in [0.15, 0.2) is 0 Å². The van der Waals surface area contributed by atoms with E-state index >= 15 is 0 Å². The molecule has 0 spiro atoms. The highest BCUT2D eigenvalue weighted by molar-refractivity contribution is 6.30. The van der Waals surface area contributed by atoms with Gasteiger partial charge in [-0.25, -0.2) is 4.39 Å². The zero-order valence-electron chi connectivity index (χ0n) is 11.3. The molecule has 0 atom stereocenters. The Kier molecular flexibility index (Phi) is 5.62. The van der Waals surface area contributed by atoms with Gasteiger partial charge in [0, 0.05) is 12.0 Å². The van der Waals surface area contributed by atoms with E-state index in [1.807, 2.05) is 24.3 Å². The number of hydrogen-bond acceptors (Lipinski definition) is 2. The van der Waals surface area contributed by atoms with E-state index in [1.54, 1.807) is 12.1 Å². The minimum absolute atomic E-state index is 0.0639. The summed E-state index contributed by atoms with van der Waals surface area (Å²) in [5.41, 5.74) is 1.66. The molecule has 0 saturated heterocycles. The highest BCUT2D eigenvalue weighted by atomic mass is 35.5. The van der Waals surface area contributed by atoms with Gasteiger partial charge in [-0.2, -0.15) is 0 Å². The molecule has 2 aromatic rings. The molecule has 0 bridgehead atoms. The highest BCUT2D eigenvalue weighted by Gasteiger charge is 2.02. The molecule has 0 aliphatic rings. The van der Waals surface area contributed by atoms with Crippen molar-refractivity contribution in [2.75, 3.05) is 6.61 Å². The van der Waals surface area contributed by atoms with Crippen LogP contribution in [0.5, 0.6) is 5.75 Å². The van der Waals surface area contributed by atoms with E-state index in [-0.39, 0.29) is 11.6 Å². The Morgan fingerprint density at radius 1 is 1.14 bits per heavy atom. The normalized spacial score (nSPS) is 9.86. The van der Waals surface area contributed by atoms with Gasteiger partial charge in [0.1, 0.15) is 18.2 Å². The summed E-state index contributed by atoms with van der Waals surface area (Å²) < 4.78 is 18.6. The van der Waals surface area contributed by atoms with Gasteiger partial charge in [0.25, 0.3) is 0 Å². The molecule has 2 aromatic carbocycles. The average molecular weight is 305 g/mol. The zero-order valence-corrected chi connectivity index (χ0v) is 12.0. The van der Waals surface area contributed by atoms with Crippen LogP contribution in [-0.4, -0.2) is 11.7 Å². The van der Waals surface area contributed by atoms with Gasteiger partial charge in [-0.15, -0.1) is 0 Å². The minimum Gasteiger partial charge on any atom is -0.489 e. The van der Waals surface area contributed by atoms with Crippen molar-refractivity contribution >= 4 is 11.6 Å². The number of halogens is 2. The molecule has 0 aliphatic heterocycles. The molecule has 1 N–H and O–H groups in total. The van der Waals surface area contributed by atoms with Crippen molar-refractivity contribution in [3.8, 4) is 17.6 Å². The lowest BCUT2D eigenvalue weighted by Gasteiger charge is -2.07. The molecule has 0 saturated carbocycles. The Morgan fingerprint density at radius 3 is 2.57 bits per heavy atom. The first-order chi connectivity index (χ1) is 10.2. The molecule has 108 valence electrons. The third-order valence-electron chi connectivity index (χ3n) is 2.71. The smallest absolute Gasteiger partial charge is 0.141 e. The molecule has 2 nitrogen and oxygen atoms in total. The topological polar surface area (TPSA) is 29.5 Å². The summed E-state index contributed by atoms with van der Waals surface area (Å²) in [7, 11) is 0. The average Bonchev–Trinajstić information content (AvgIpc) is 2.50. The van der Waals surface area contributed by atoms with Crippen molar-refractivity contribution in [2.45, 2.75) is 13.0 Å². The number of hydrogen-bond donors (Lipinski definition) is 1. The first-order valence-corrected chi connectivity index (χ1v) is 6.83. The largest absolute Gasteiger partial charge is 0.489 e. The second-order valence-corrected chi connectivity index (χ2v) is 4.74. The van der Waals surface area contributed by atoms with Gasteiger partial charge in [-0.1, -0.05) is 29.5 Å². The number of aliphatic hydroxyl groups is 1. The molecular weight excluding hydrogens is 291 g/mol. The van der Waals surface area contributed by atoms with E-state index in [9.17, 15) is 4.39 Å². The molecule has 0 radical (unpaired) electrons. The maximum absolute atomic E-state index is 13.0. The molecule has 4 heteroatoms. The third kappa shape index (κ3) is 4.78. The van der Waals surface area contributed by atoms with Crippen molar-refractivity contribution in [1.82, 2.24) is 0 Å². The fraction of sp³-hybridized carbons (Fsp3) is 0.176. The molecule has 0 heterocycles. The summed E-state index contributed by atoms with van der Waals surface area (Å²) in [5.74, 6) is 6.04. The molecule has 2 rings (SSSR count). The van der Waals surface area contributed by atoms with Crippen molar-refractivity contribution < 1.29 is 14.2 Å². The van der Waals surface area contributed by atoms with Crippen LogP contribution >= 0.6 is 11.6 Å². The van der Waals surface area contributed by atoms with Crippen LogP contribution in [0, 0.1) is 17.7 Å². The molecular formula is C17H14ClFO2. The van der Waals surface area contributed by atoms with Crippen LogP contribution < -0.4 is 4.74 Å². The number of rotatable bonds is 4. The van der Waals surface area contributed by atoms with Crippen molar-refractivity contribution in [1.29, 1.82) is 0 Å². The molecule has 0 unspecified atom stereocenters. The summed E-state index contributed by atoms with van der Waals surface area (Å²) in [6.45, 7) is 0.379. The van der Waals surface area contributed by atoms with Crippen LogP contribution in [0.4, 0.5) is 4.39 Å². The zero-order chi connectivity index (χ0) is 15.1. The van der Waals surface area contributed by atoms with Gasteiger partial charge in [0.05, 0.1) is 11.6 Å². The van der Waals surface area contributed by atoms with Crippen LogP contribution in [0.3, 0.4) is 0 Å². The van der Waals surface area contributed by atoms with Crippen LogP contribution in [0.1, 0.15) is 17.5 Å². The van der Waals surface area contributed by atoms with E-state index in [2.05, 4.69) is 11.8 Å². The van der Waals surface area contributed by atoms with Gasteiger partial charge in [-0.3, -0.25) is 0 Å². The van der Waals surface area contributed by atoms with Gasteiger partial charge < -0.3 is 9.84 Å². The Labute approximate surface area is 128 Å². The third-order valence-corrected chi connectivity index (χ3v) is 3.00. The Morgan fingerprint density at radius 2 is 1.90 bits per heavy atom. The van der Waals surface area contributed by atoms with E-state index in [1.165, 1.54) is 6.07 Å². The number of ether oxygens (including phenoxy) is 1. The van der Waals surface area contributed by atoms with Crippen LogP contribution in [0.2, 0.25) is 5.02 Å². The number of benzene rings is 2. The minimum atomic E-state index is -0.439. The summed E-state index contributed by atoms with van der Waals surface area (Å²) in [5, 5.41) is 8.74. The molecule has 0 aromatic heterocycles. The van der Waals surface area contributed by atoms with Crippen LogP contribution in [-0.2, 0) is 6.61 Å². The van der Waals surface area contributed by atoms with E-state index in [0.717, 1.165) is 11.1 Å². The Balaban J connectivity index is 1.94. The maximum atomic E-state index is 13.0. The summed E-state index contributed by atoms with van der Waals surface area (Å²) in [4.78, 5) is 0. The van der Waals surface area contributed by atoms with Crippen LogP contribution in [0.15, 0.2) is 42.5 Å². The summed E-state index contributed by atoms with van der Waals surface area (Å²) in [6, 6.07) is 11.8. The standard InChI is InChI=1S/C17H14ClFO2/c18-16-11-14(6-9-17(16)19)12-21-15-7-4-13(5-8-15)3-1-2-10-20/h4-9,11,20H,2,10,12H2. The number of aliphatic hydroxyl groups excluding tert-OH is 1. The second kappa shape index (κ2) is 7.68. The molecule has 0 amide bonds. The van der Waals surface area contributed by atoms with E-state index < -0.39 is 5.82 Å². The first kappa shape index (κ1) is 15.4. The second-order valence-electron chi connectivity index (χ2n) is 4.34. The lowest BCUT2D eigenvalue weighted by Crippen LogP contribution is -1.96. The quantitative estimate of drug-likeness (QED) is 0.871. The van der Waals surface area contributed by atoms with Gasteiger partial charge in [0.2, 0.25) is 0 Å². The SMILES string of the molecule is OCCC#Cc1ccc(OCc2ccc(F)c(Cl)c2)cc1. The lowest BCUT2D eigenvalue weighted by atomic mass is 10.2. The van der Waals surface area contributed by atoms with E-state index in [4.69, 9.17) is 21.4 Å². The van der Waals surface area contributed by atoms with Crippen molar-refractivity contribution in [3.63, 3.8) is 0 Å². The fourth-order valence-electron chi connectivity index (χ4n) is 1.65. The van der Waals surface area contributed by atoms with E-state index in [0.29, 0.717) is 18.8 Å². The molecule has 21 heavy (non-hydrogen) atoms.